The molecule has 1 N–H and O–H groups in total. The van der Waals surface area contributed by atoms with Gasteiger partial charge in [0.25, 0.3) is 10.0 Å². The van der Waals surface area contributed by atoms with Crippen LogP contribution in [0.2, 0.25) is 5.02 Å². The zero-order valence-corrected chi connectivity index (χ0v) is 23.7. The topological polar surface area (TPSA) is 86.8 Å². The summed E-state index contributed by atoms with van der Waals surface area (Å²) in [5.74, 6) is -0.848. The number of aryl methyl sites for hydroxylation is 2. The molecular formula is C29H34ClN3O4S. The minimum Gasteiger partial charge on any atom is -0.354 e. The van der Waals surface area contributed by atoms with Crippen LogP contribution >= 0.6 is 11.6 Å². The molecule has 0 aliphatic heterocycles. The van der Waals surface area contributed by atoms with E-state index in [0.717, 1.165) is 16.3 Å². The van der Waals surface area contributed by atoms with E-state index in [2.05, 4.69) is 5.32 Å². The highest BCUT2D eigenvalue weighted by Gasteiger charge is 2.33. The third kappa shape index (κ3) is 6.94. The maximum absolute atomic E-state index is 13.9. The predicted octanol–water partition coefficient (Wildman–Crippen LogP) is 5.10. The van der Waals surface area contributed by atoms with Gasteiger partial charge in [0.05, 0.1) is 10.6 Å². The summed E-state index contributed by atoms with van der Waals surface area (Å²) in [5.41, 5.74) is 2.66. The van der Waals surface area contributed by atoms with Gasteiger partial charge < -0.3 is 10.2 Å². The van der Waals surface area contributed by atoms with Crippen molar-refractivity contribution in [3.63, 3.8) is 0 Å². The summed E-state index contributed by atoms with van der Waals surface area (Å²) in [4.78, 5) is 28.3. The van der Waals surface area contributed by atoms with Crippen LogP contribution in [-0.2, 0) is 26.2 Å². The van der Waals surface area contributed by atoms with Gasteiger partial charge in [0.15, 0.2) is 0 Å². The average molecular weight is 556 g/mol. The molecule has 0 aliphatic carbocycles. The Morgan fingerprint density at radius 1 is 0.947 bits per heavy atom. The number of benzene rings is 3. The van der Waals surface area contributed by atoms with Crippen molar-refractivity contribution < 1.29 is 18.0 Å². The Balaban J connectivity index is 2.04. The van der Waals surface area contributed by atoms with Gasteiger partial charge >= 0.3 is 0 Å². The molecule has 0 spiro atoms. The van der Waals surface area contributed by atoms with Crippen molar-refractivity contribution >= 4 is 39.1 Å². The molecular weight excluding hydrogens is 522 g/mol. The van der Waals surface area contributed by atoms with Crippen LogP contribution in [-0.4, -0.2) is 44.3 Å². The van der Waals surface area contributed by atoms with Crippen molar-refractivity contribution in [2.45, 2.75) is 51.6 Å². The third-order valence-corrected chi connectivity index (χ3v) is 8.43. The molecule has 3 aromatic rings. The number of anilines is 1. The number of hydrogen-bond acceptors (Lipinski definition) is 4. The number of amides is 2. The molecule has 7 nitrogen and oxygen atoms in total. The van der Waals surface area contributed by atoms with Crippen LogP contribution in [0.4, 0.5) is 5.69 Å². The molecule has 202 valence electrons. The Morgan fingerprint density at radius 3 is 2.21 bits per heavy atom. The molecule has 38 heavy (non-hydrogen) atoms. The molecule has 0 heterocycles. The fraction of sp³-hybridized carbons (Fsp3) is 0.310. The van der Waals surface area contributed by atoms with E-state index in [-0.39, 0.29) is 17.3 Å². The lowest BCUT2D eigenvalue weighted by Gasteiger charge is -2.32. The molecule has 0 fully saturated rings. The molecule has 3 aromatic carbocycles. The average Bonchev–Trinajstić information content (AvgIpc) is 2.90. The van der Waals surface area contributed by atoms with Crippen molar-refractivity contribution in [2.75, 3.05) is 17.4 Å². The Kier molecular flexibility index (Phi) is 9.94. The van der Waals surface area contributed by atoms with Gasteiger partial charge in [0.1, 0.15) is 12.6 Å². The molecule has 0 saturated carbocycles. The Bertz CT molecular complexity index is 1380. The van der Waals surface area contributed by atoms with Crippen LogP contribution in [0.25, 0.3) is 0 Å². The maximum Gasteiger partial charge on any atom is 0.264 e. The zero-order chi connectivity index (χ0) is 27.9. The quantitative estimate of drug-likeness (QED) is 0.357. The second-order valence-electron chi connectivity index (χ2n) is 9.19. The summed E-state index contributed by atoms with van der Waals surface area (Å²) in [6, 6.07) is 19.7. The summed E-state index contributed by atoms with van der Waals surface area (Å²) in [7, 11) is -4.10. The highest BCUT2D eigenvalue weighted by atomic mass is 35.5. The first kappa shape index (κ1) is 29.2. The van der Waals surface area contributed by atoms with E-state index >= 15 is 0 Å². The number of rotatable bonds is 11. The number of nitrogens with zero attached hydrogens (tertiary/aromatic N) is 2. The van der Waals surface area contributed by atoms with E-state index in [1.165, 1.54) is 17.0 Å². The Morgan fingerprint density at radius 2 is 1.58 bits per heavy atom. The fourth-order valence-electron chi connectivity index (χ4n) is 3.98. The number of hydrogen-bond donors (Lipinski definition) is 1. The van der Waals surface area contributed by atoms with Crippen molar-refractivity contribution in [3.05, 3.63) is 94.5 Å². The molecule has 0 radical (unpaired) electrons. The molecule has 3 rings (SSSR count). The maximum atomic E-state index is 13.9. The summed E-state index contributed by atoms with van der Waals surface area (Å²) in [6.07, 6.45) is 0.743. The van der Waals surface area contributed by atoms with Gasteiger partial charge in [-0.1, -0.05) is 72.6 Å². The lowest BCUT2D eigenvalue weighted by molar-refractivity contribution is -0.139. The molecule has 0 unspecified atom stereocenters. The van der Waals surface area contributed by atoms with Crippen molar-refractivity contribution in [1.29, 1.82) is 0 Å². The van der Waals surface area contributed by atoms with E-state index in [1.54, 1.807) is 74.5 Å². The molecule has 0 aliphatic rings. The first-order chi connectivity index (χ1) is 18.1. The zero-order valence-electron chi connectivity index (χ0n) is 22.1. The number of carbonyl (C=O) groups excluding carboxylic acids is 2. The standard InChI is InChI=1S/C29H34ClN3O4S/c1-5-18-31-29(35)23(4)32(19-24-11-7-8-12-26(24)30)28(34)20-33(27-13-9-6-10-22(27)3)38(36,37)25-16-14-21(2)15-17-25/h6-17,23H,5,18-20H2,1-4H3,(H,31,35)/t23-/m0/s1. The van der Waals surface area contributed by atoms with E-state index in [1.807, 2.05) is 13.8 Å². The number of sulfonamides is 1. The Hall–Kier alpha value is -3.36. The SMILES string of the molecule is CCCNC(=O)[C@H](C)N(Cc1ccccc1Cl)C(=O)CN(c1ccccc1C)S(=O)(=O)c1ccc(C)cc1. The summed E-state index contributed by atoms with van der Waals surface area (Å²) < 4.78 is 28.9. The summed E-state index contributed by atoms with van der Waals surface area (Å²) >= 11 is 6.38. The van der Waals surface area contributed by atoms with Gasteiger partial charge in [-0.3, -0.25) is 13.9 Å². The second kappa shape index (κ2) is 12.9. The van der Waals surface area contributed by atoms with Gasteiger partial charge in [-0.15, -0.1) is 0 Å². The first-order valence-electron chi connectivity index (χ1n) is 12.5. The normalized spacial score (nSPS) is 12.0. The largest absolute Gasteiger partial charge is 0.354 e. The second-order valence-corrected chi connectivity index (χ2v) is 11.5. The number of carbonyl (C=O) groups is 2. The van der Waals surface area contributed by atoms with E-state index in [0.29, 0.717) is 28.4 Å². The lowest BCUT2D eigenvalue weighted by atomic mass is 10.1. The molecule has 0 aromatic heterocycles. The van der Waals surface area contributed by atoms with Gasteiger partial charge in [-0.2, -0.15) is 0 Å². The fourth-order valence-corrected chi connectivity index (χ4v) is 5.66. The number of para-hydroxylation sites is 1. The molecule has 9 heteroatoms. The number of halogens is 1. The highest BCUT2D eigenvalue weighted by Crippen LogP contribution is 2.28. The lowest BCUT2D eigenvalue weighted by Crippen LogP contribution is -2.51. The van der Waals surface area contributed by atoms with Gasteiger partial charge in [0.2, 0.25) is 11.8 Å². The molecule has 0 saturated heterocycles. The van der Waals surface area contributed by atoms with Crippen molar-refractivity contribution in [3.8, 4) is 0 Å². The summed E-state index contributed by atoms with van der Waals surface area (Å²) in [6.45, 7) is 7.26. The van der Waals surface area contributed by atoms with E-state index in [4.69, 9.17) is 11.6 Å². The first-order valence-corrected chi connectivity index (χ1v) is 14.3. The van der Waals surface area contributed by atoms with E-state index in [9.17, 15) is 18.0 Å². The van der Waals surface area contributed by atoms with Crippen molar-refractivity contribution in [1.82, 2.24) is 10.2 Å². The minimum absolute atomic E-state index is 0.0470. The highest BCUT2D eigenvalue weighted by molar-refractivity contribution is 7.92. The van der Waals surface area contributed by atoms with Gasteiger partial charge in [-0.25, -0.2) is 8.42 Å². The summed E-state index contributed by atoms with van der Waals surface area (Å²) in [5, 5.41) is 3.28. The Labute approximate surface area is 230 Å². The van der Waals surface area contributed by atoms with Crippen LogP contribution in [0.3, 0.4) is 0 Å². The molecule has 1 atom stereocenters. The smallest absolute Gasteiger partial charge is 0.264 e. The van der Waals surface area contributed by atoms with Crippen LogP contribution in [0.1, 0.15) is 37.0 Å². The van der Waals surface area contributed by atoms with Crippen LogP contribution < -0.4 is 9.62 Å². The number of nitrogens with one attached hydrogen (secondary N) is 1. The molecule has 2 amide bonds. The minimum atomic E-state index is -4.10. The predicted molar refractivity (Wildman–Crippen MR) is 152 cm³/mol. The van der Waals surface area contributed by atoms with Gasteiger partial charge in [-0.05, 0) is 62.6 Å². The van der Waals surface area contributed by atoms with Gasteiger partial charge in [0, 0.05) is 18.1 Å². The van der Waals surface area contributed by atoms with Crippen LogP contribution in [0.15, 0.2) is 77.7 Å². The van der Waals surface area contributed by atoms with Crippen LogP contribution in [0, 0.1) is 13.8 Å². The van der Waals surface area contributed by atoms with Crippen LogP contribution in [0.5, 0.6) is 0 Å². The molecule has 0 bridgehead atoms. The van der Waals surface area contributed by atoms with E-state index < -0.39 is 28.5 Å². The monoisotopic (exact) mass is 555 g/mol. The third-order valence-electron chi connectivity index (χ3n) is 6.29. The van der Waals surface area contributed by atoms with Crippen molar-refractivity contribution in [2.24, 2.45) is 0 Å².